The zero-order valence-electron chi connectivity index (χ0n) is 11.1. The van der Waals surface area contributed by atoms with Gasteiger partial charge in [0.1, 0.15) is 0 Å². The zero-order chi connectivity index (χ0) is 13.8. The maximum absolute atomic E-state index is 11.7. The molecule has 0 saturated heterocycles. The number of carbonyl (C=O) groups excluding carboxylic acids is 2. The fourth-order valence-corrected chi connectivity index (χ4v) is 2.40. The second-order valence-electron chi connectivity index (χ2n) is 4.36. The van der Waals surface area contributed by atoms with E-state index in [2.05, 4.69) is 4.98 Å². The van der Waals surface area contributed by atoms with Crippen molar-refractivity contribution in [3.05, 3.63) is 29.6 Å². The van der Waals surface area contributed by atoms with Crippen molar-refractivity contribution in [2.75, 3.05) is 13.7 Å². The van der Waals surface area contributed by atoms with Crippen molar-refractivity contribution < 1.29 is 19.1 Å². The Hall–Kier alpha value is -2.04. The van der Waals surface area contributed by atoms with E-state index < -0.39 is 0 Å². The number of carbonyl (C=O) groups is 2. The highest BCUT2D eigenvalue weighted by Crippen LogP contribution is 2.38. The van der Waals surface area contributed by atoms with Gasteiger partial charge in [-0.15, -0.1) is 0 Å². The molecule has 0 bridgehead atoms. The quantitative estimate of drug-likeness (QED) is 0.669. The van der Waals surface area contributed by atoms with Crippen LogP contribution < -0.4 is 0 Å². The number of allylic oxidation sites excluding steroid dienone is 1. The lowest BCUT2D eigenvalue weighted by molar-refractivity contribution is -0.142. The Morgan fingerprint density at radius 2 is 2.26 bits per heavy atom. The lowest BCUT2D eigenvalue weighted by atomic mass is 9.82. The van der Waals surface area contributed by atoms with E-state index in [0.29, 0.717) is 19.4 Å². The number of H-pyrrole nitrogens is 1. The smallest absolute Gasteiger partial charge is 0.331 e. The van der Waals surface area contributed by atoms with Gasteiger partial charge in [0.15, 0.2) is 0 Å². The molecule has 1 aliphatic carbocycles. The van der Waals surface area contributed by atoms with Gasteiger partial charge in [0.25, 0.3) is 0 Å². The summed E-state index contributed by atoms with van der Waals surface area (Å²) in [5.41, 5.74) is 2.68. The highest BCUT2D eigenvalue weighted by molar-refractivity contribution is 5.93. The highest BCUT2D eigenvalue weighted by Gasteiger charge is 2.30. The molecule has 0 saturated carbocycles. The molecule has 1 aliphatic rings. The van der Waals surface area contributed by atoms with Gasteiger partial charge in [0.2, 0.25) is 0 Å². The third-order valence-corrected chi connectivity index (χ3v) is 3.27. The fourth-order valence-electron chi connectivity index (χ4n) is 2.40. The van der Waals surface area contributed by atoms with Crippen molar-refractivity contribution in [2.45, 2.75) is 25.7 Å². The number of esters is 2. The number of aromatic nitrogens is 1. The first-order valence-corrected chi connectivity index (χ1v) is 6.29. The molecule has 5 nitrogen and oxygen atoms in total. The molecule has 0 aromatic carbocycles. The van der Waals surface area contributed by atoms with E-state index in [1.54, 1.807) is 19.3 Å². The van der Waals surface area contributed by atoms with E-state index >= 15 is 0 Å². The minimum atomic E-state index is -0.346. The topological polar surface area (TPSA) is 68.4 Å². The van der Waals surface area contributed by atoms with Gasteiger partial charge in [0, 0.05) is 18.5 Å². The van der Waals surface area contributed by atoms with Crippen LogP contribution in [0.5, 0.6) is 0 Å². The third-order valence-electron chi connectivity index (χ3n) is 3.27. The van der Waals surface area contributed by atoms with Crippen LogP contribution in [0.25, 0.3) is 5.57 Å². The Labute approximate surface area is 111 Å². The lowest BCUT2D eigenvalue weighted by Gasteiger charge is -2.22. The van der Waals surface area contributed by atoms with Crippen LogP contribution >= 0.6 is 0 Å². The van der Waals surface area contributed by atoms with Gasteiger partial charge < -0.3 is 14.5 Å². The van der Waals surface area contributed by atoms with E-state index in [0.717, 1.165) is 16.7 Å². The van der Waals surface area contributed by atoms with Crippen LogP contribution in [0.4, 0.5) is 0 Å². The van der Waals surface area contributed by atoms with E-state index in [9.17, 15) is 9.59 Å². The summed E-state index contributed by atoms with van der Waals surface area (Å²) in [6, 6.07) is 0. The first-order valence-electron chi connectivity index (χ1n) is 6.29. The second kappa shape index (κ2) is 5.73. The molecule has 19 heavy (non-hydrogen) atoms. The van der Waals surface area contributed by atoms with E-state index in [4.69, 9.17) is 9.47 Å². The maximum Gasteiger partial charge on any atom is 0.331 e. The van der Waals surface area contributed by atoms with Crippen molar-refractivity contribution in [3.8, 4) is 0 Å². The van der Waals surface area contributed by atoms with E-state index in [1.165, 1.54) is 13.2 Å². The van der Waals surface area contributed by atoms with Crippen molar-refractivity contribution in [3.63, 3.8) is 0 Å². The van der Waals surface area contributed by atoms with Crippen LogP contribution in [0.15, 0.2) is 18.5 Å². The van der Waals surface area contributed by atoms with E-state index in [-0.39, 0.29) is 17.9 Å². The molecule has 1 atom stereocenters. The molecular weight excluding hydrogens is 246 g/mol. The number of methoxy groups -OCH3 is 1. The predicted molar refractivity (Wildman–Crippen MR) is 69.4 cm³/mol. The summed E-state index contributed by atoms with van der Waals surface area (Å²) in [6.45, 7) is 2.12. The van der Waals surface area contributed by atoms with Gasteiger partial charge in [-0.3, -0.25) is 4.79 Å². The molecule has 1 aromatic heterocycles. The SMILES string of the molecule is CCOC(=O)/C=C1/CCC(C(=O)OC)c2c[nH]cc21. The number of hydrogen-bond acceptors (Lipinski definition) is 4. The number of ether oxygens (including phenoxy) is 2. The summed E-state index contributed by atoms with van der Waals surface area (Å²) < 4.78 is 9.72. The first kappa shape index (κ1) is 13.4. The molecule has 2 rings (SSSR count). The predicted octanol–water partition coefficient (Wildman–Crippen LogP) is 2.01. The first-order chi connectivity index (χ1) is 9.17. The summed E-state index contributed by atoms with van der Waals surface area (Å²) in [5, 5.41) is 0. The second-order valence-corrected chi connectivity index (χ2v) is 4.36. The van der Waals surface area contributed by atoms with Crippen molar-refractivity contribution in [2.24, 2.45) is 0 Å². The summed E-state index contributed by atoms with van der Waals surface area (Å²) in [7, 11) is 1.39. The van der Waals surface area contributed by atoms with Crippen LogP contribution in [0, 0.1) is 0 Å². The van der Waals surface area contributed by atoms with Crippen molar-refractivity contribution in [1.82, 2.24) is 4.98 Å². The molecule has 1 aromatic rings. The Morgan fingerprint density at radius 1 is 1.47 bits per heavy atom. The molecule has 5 heteroatoms. The van der Waals surface area contributed by atoms with Crippen LogP contribution in [-0.4, -0.2) is 30.6 Å². The Kier molecular flexibility index (Phi) is 4.04. The van der Waals surface area contributed by atoms with Gasteiger partial charge in [-0.05, 0) is 36.5 Å². The average Bonchev–Trinajstić information content (AvgIpc) is 2.88. The summed E-state index contributed by atoms with van der Waals surface area (Å²) in [5.74, 6) is -0.845. The molecule has 1 unspecified atom stereocenters. The Balaban J connectivity index is 2.28. The standard InChI is InChI=1S/C14H17NO4/c1-3-19-13(16)6-9-4-5-10(14(17)18-2)12-8-15-7-11(9)12/h6-8,10,15H,3-5H2,1-2H3/b9-6-. The maximum atomic E-state index is 11.7. The lowest BCUT2D eigenvalue weighted by Crippen LogP contribution is -2.18. The van der Waals surface area contributed by atoms with Crippen LogP contribution in [0.3, 0.4) is 0 Å². The van der Waals surface area contributed by atoms with Crippen LogP contribution in [0.1, 0.15) is 36.8 Å². The van der Waals surface area contributed by atoms with Gasteiger partial charge in [-0.25, -0.2) is 4.79 Å². The van der Waals surface area contributed by atoms with Crippen LogP contribution in [-0.2, 0) is 19.1 Å². The number of rotatable bonds is 3. The average molecular weight is 263 g/mol. The normalized spacial score (nSPS) is 19.9. The number of fused-ring (bicyclic) bond motifs is 1. The van der Waals surface area contributed by atoms with Gasteiger partial charge in [-0.2, -0.15) is 0 Å². The van der Waals surface area contributed by atoms with Gasteiger partial charge in [-0.1, -0.05) is 0 Å². The molecule has 102 valence electrons. The van der Waals surface area contributed by atoms with E-state index in [1.807, 2.05) is 0 Å². The third kappa shape index (κ3) is 2.70. The van der Waals surface area contributed by atoms with Gasteiger partial charge in [0.05, 0.1) is 19.6 Å². The number of hydrogen-bond donors (Lipinski definition) is 1. The molecule has 0 amide bonds. The number of nitrogens with one attached hydrogen (secondary N) is 1. The van der Waals surface area contributed by atoms with Gasteiger partial charge >= 0.3 is 11.9 Å². The minimum absolute atomic E-state index is 0.240. The zero-order valence-corrected chi connectivity index (χ0v) is 11.1. The van der Waals surface area contributed by atoms with Crippen LogP contribution in [0.2, 0.25) is 0 Å². The molecule has 1 heterocycles. The fraction of sp³-hybridized carbons (Fsp3) is 0.429. The largest absolute Gasteiger partial charge is 0.469 e. The molecule has 0 radical (unpaired) electrons. The molecule has 0 aliphatic heterocycles. The van der Waals surface area contributed by atoms with Crippen molar-refractivity contribution in [1.29, 1.82) is 0 Å². The van der Waals surface area contributed by atoms with Crippen molar-refractivity contribution >= 4 is 17.5 Å². The molecular formula is C14H17NO4. The molecule has 1 N–H and O–H groups in total. The summed E-state index contributed by atoms with van der Waals surface area (Å²) >= 11 is 0. The summed E-state index contributed by atoms with van der Waals surface area (Å²) in [4.78, 5) is 26.2. The minimum Gasteiger partial charge on any atom is -0.469 e. The molecule has 0 fully saturated rings. The molecule has 0 spiro atoms. The Morgan fingerprint density at radius 3 is 2.95 bits per heavy atom. The highest BCUT2D eigenvalue weighted by atomic mass is 16.5. The monoisotopic (exact) mass is 263 g/mol. The number of aromatic amines is 1. The summed E-state index contributed by atoms with van der Waals surface area (Å²) in [6.07, 6.45) is 6.39. The Bertz CT molecular complexity index is 515.